The lowest BCUT2D eigenvalue weighted by Gasteiger charge is -2.32. The molecular weight excluding hydrogens is 354 g/mol. The quantitative estimate of drug-likeness (QED) is 0.768. The van der Waals surface area contributed by atoms with Crippen molar-refractivity contribution in [1.29, 1.82) is 0 Å². The van der Waals surface area contributed by atoms with Crippen LogP contribution in [0, 0.1) is 11.8 Å². The molecule has 0 amide bonds. The first-order valence-corrected chi connectivity index (χ1v) is 8.60. The monoisotopic (exact) mass is 373 g/mol. The van der Waals surface area contributed by atoms with Crippen molar-refractivity contribution in [2.75, 3.05) is 40.5 Å². The summed E-state index contributed by atoms with van der Waals surface area (Å²) in [6.07, 6.45) is 4.85. The molecule has 0 unspecified atom stereocenters. The second-order valence-electron chi connectivity index (χ2n) is 5.68. The number of halogens is 1. The first-order chi connectivity index (χ1) is 12.7. The van der Waals surface area contributed by atoms with Gasteiger partial charge in [-0.25, -0.2) is 9.97 Å². The van der Waals surface area contributed by atoms with E-state index >= 15 is 0 Å². The van der Waals surface area contributed by atoms with Crippen molar-refractivity contribution in [3.05, 3.63) is 47.0 Å². The van der Waals surface area contributed by atoms with E-state index < -0.39 is 0 Å². The van der Waals surface area contributed by atoms with Crippen LogP contribution in [0.25, 0.3) is 0 Å². The molecule has 1 aromatic heterocycles. The van der Waals surface area contributed by atoms with Gasteiger partial charge in [-0.15, -0.1) is 0 Å². The minimum atomic E-state index is -0.221. The Morgan fingerprint density at radius 3 is 2.54 bits per heavy atom. The van der Waals surface area contributed by atoms with Gasteiger partial charge >= 0.3 is 0 Å². The predicted molar refractivity (Wildman–Crippen MR) is 98.6 cm³/mol. The van der Waals surface area contributed by atoms with Crippen molar-refractivity contribution in [3.63, 3.8) is 0 Å². The first kappa shape index (κ1) is 18.5. The molecule has 0 spiro atoms. The Morgan fingerprint density at radius 1 is 1.15 bits per heavy atom. The number of benzene rings is 1. The van der Waals surface area contributed by atoms with Crippen molar-refractivity contribution in [2.45, 2.75) is 6.04 Å². The van der Waals surface area contributed by atoms with E-state index in [2.05, 4.69) is 26.7 Å². The Hall–Kier alpha value is -2.33. The van der Waals surface area contributed by atoms with Crippen LogP contribution in [0.2, 0.25) is 5.02 Å². The molecule has 136 valence electrons. The minimum absolute atomic E-state index is 0.221. The number of ether oxygens (including phenoxy) is 3. The molecule has 0 radical (unpaired) electrons. The summed E-state index contributed by atoms with van der Waals surface area (Å²) in [6.45, 7) is 2.85. The van der Waals surface area contributed by atoms with Crippen LogP contribution in [0.1, 0.15) is 17.2 Å². The van der Waals surface area contributed by atoms with E-state index in [1.165, 1.54) is 6.33 Å². The first-order valence-electron chi connectivity index (χ1n) is 8.22. The highest BCUT2D eigenvalue weighted by molar-refractivity contribution is 6.30. The number of hydrogen-bond acceptors (Lipinski definition) is 6. The summed E-state index contributed by atoms with van der Waals surface area (Å²) in [4.78, 5) is 10.3. The van der Waals surface area contributed by atoms with E-state index in [1.54, 1.807) is 32.7 Å². The maximum atomic E-state index is 6.31. The van der Waals surface area contributed by atoms with E-state index in [1.807, 2.05) is 6.07 Å². The topological polar surface area (TPSA) is 56.7 Å². The van der Waals surface area contributed by atoms with Gasteiger partial charge in [0, 0.05) is 42.1 Å². The lowest BCUT2D eigenvalue weighted by molar-refractivity contribution is 0.0265. The number of morpholine rings is 1. The normalized spacial score (nSPS) is 15.7. The molecule has 1 aliphatic heterocycles. The van der Waals surface area contributed by atoms with Gasteiger partial charge in [-0.1, -0.05) is 23.4 Å². The summed E-state index contributed by atoms with van der Waals surface area (Å²) in [6, 6.07) is 3.39. The molecule has 1 aliphatic rings. The van der Waals surface area contributed by atoms with Crippen LogP contribution < -0.4 is 9.47 Å². The highest BCUT2D eigenvalue weighted by Crippen LogP contribution is 2.39. The number of aromatic nitrogens is 2. The molecule has 26 heavy (non-hydrogen) atoms. The van der Waals surface area contributed by atoms with E-state index in [4.69, 9.17) is 25.8 Å². The molecule has 0 aliphatic carbocycles. The second-order valence-corrected chi connectivity index (χ2v) is 6.11. The van der Waals surface area contributed by atoms with Gasteiger partial charge in [0.2, 0.25) is 0 Å². The Bertz CT molecular complexity index is 799. The van der Waals surface area contributed by atoms with E-state index in [0.29, 0.717) is 29.7 Å². The van der Waals surface area contributed by atoms with E-state index in [9.17, 15) is 0 Å². The maximum absolute atomic E-state index is 6.31. The Morgan fingerprint density at radius 2 is 1.88 bits per heavy atom. The molecular formula is C19H20ClN3O3. The molecule has 2 heterocycles. The SMILES string of the molecule is COc1cc(Cl)cc([C@H](C#Cc2cncnc2)N2CCOCC2)c1OC. The summed E-state index contributed by atoms with van der Waals surface area (Å²) >= 11 is 6.31. The average molecular weight is 374 g/mol. The molecule has 1 aromatic carbocycles. The Labute approximate surface area is 158 Å². The summed E-state index contributed by atoms with van der Waals surface area (Å²) < 4.78 is 16.5. The van der Waals surface area contributed by atoms with Crippen molar-refractivity contribution < 1.29 is 14.2 Å². The fraction of sp³-hybridized carbons (Fsp3) is 0.368. The van der Waals surface area contributed by atoms with Crippen LogP contribution in [0.15, 0.2) is 30.9 Å². The molecule has 0 N–H and O–H groups in total. The van der Waals surface area contributed by atoms with Gasteiger partial charge in [-0.3, -0.25) is 4.90 Å². The largest absolute Gasteiger partial charge is 0.493 e. The molecule has 1 fully saturated rings. The van der Waals surface area contributed by atoms with Gasteiger partial charge in [0.05, 0.1) is 33.0 Å². The molecule has 0 saturated carbocycles. The number of nitrogens with zero attached hydrogens (tertiary/aromatic N) is 3. The predicted octanol–water partition coefficient (Wildman–Crippen LogP) is 2.57. The zero-order chi connectivity index (χ0) is 18.4. The van der Waals surface area contributed by atoms with Gasteiger partial charge < -0.3 is 14.2 Å². The highest BCUT2D eigenvalue weighted by Gasteiger charge is 2.26. The molecule has 7 heteroatoms. The van der Waals surface area contributed by atoms with Gasteiger partial charge in [0.25, 0.3) is 0 Å². The molecule has 2 aromatic rings. The van der Waals surface area contributed by atoms with Crippen LogP contribution in [-0.4, -0.2) is 55.4 Å². The molecule has 6 nitrogen and oxygen atoms in total. The van der Waals surface area contributed by atoms with Crippen molar-refractivity contribution in [3.8, 4) is 23.3 Å². The molecule has 1 saturated heterocycles. The van der Waals surface area contributed by atoms with Gasteiger partial charge in [0.15, 0.2) is 11.5 Å². The third-order valence-electron chi connectivity index (χ3n) is 4.09. The summed E-state index contributed by atoms with van der Waals surface area (Å²) in [5.41, 5.74) is 1.61. The molecule has 1 atom stereocenters. The third-order valence-corrected chi connectivity index (χ3v) is 4.31. The van der Waals surface area contributed by atoms with Gasteiger partial charge in [0.1, 0.15) is 12.4 Å². The fourth-order valence-electron chi connectivity index (χ4n) is 2.88. The smallest absolute Gasteiger partial charge is 0.166 e. The lowest BCUT2D eigenvalue weighted by atomic mass is 10.0. The van der Waals surface area contributed by atoms with Gasteiger partial charge in [-0.05, 0) is 6.07 Å². The summed E-state index contributed by atoms with van der Waals surface area (Å²) in [5.74, 6) is 7.69. The average Bonchev–Trinajstić information content (AvgIpc) is 2.69. The molecule has 3 rings (SSSR count). The van der Waals surface area contributed by atoms with Crippen LogP contribution in [0.4, 0.5) is 0 Å². The number of hydrogen-bond donors (Lipinski definition) is 0. The standard InChI is InChI=1S/C19H20ClN3O3/c1-24-18-10-15(20)9-16(19(18)25-2)17(23-5-7-26-8-6-23)4-3-14-11-21-13-22-12-14/h9-13,17H,5-8H2,1-2H3/t17-/m0/s1. The number of rotatable bonds is 4. The second kappa shape index (κ2) is 8.86. The zero-order valence-electron chi connectivity index (χ0n) is 14.7. The highest BCUT2D eigenvalue weighted by atomic mass is 35.5. The van der Waals surface area contributed by atoms with Crippen molar-refractivity contribution in [2.24, 2.45) is 0 Å². The van der Waals surface area contributed by atoms with E-state index in [0.717, 1.165) is 24.2 Å². The van der Waals surface area contributed by atoms with E-state index in [-0.39, 0.29) is 6.04 Å². The molecule has 0 bridgehead atoms. The summed E-state index contributed by atoms with van der Waals surface area (Å²) in [5, 5.41) is 0.570. The van der Waals surface area contributed by atoms with Crippen LogP contribution in [0.5, 0.6) is 11.5 Å². The zero-order valence-corrected chi connectivity index (χ0v) is 15.5. The van der Waals surface area contributed by atoms with Gasteiger partial charge in [-0.2, -0.15) is 0 Å². The lowest BCUT2D eigenvalue weighted by Crippen LogP contribution is -2.38. The van der Waals surface area contributed by atoms with Crippen LogP contribution in [-0.2, 0) is 4.74 Å². The number of methoxy groups -OCH3 is 2. The van der Waals surface area contributed by atoms with Crippen molar-refractivity contribution in [1.82, 2.24) is 14.9 Å². The van der Waals surface area contributed by atoms with Crippen LogP contribution >= 0.6 is 11.6 Å². The Balaban J connectivity index is 2.06. The fourth-order valence-corrected chi connectivity index (χ4v) is 3.10. The third kappa shape index (κ3) is 4.25. The Kier molecular flexibility index (Phi) is 6.29. The summed E-state index contributed by atoms with van der Waals surface area (Å²) in [7, 11) is 3.21. The maximum Gasteiger partial charge on any atom is 0.166 e. The minimum Gasteiger partial charge on any atom is -0.493 e. The van der Waals surface area contributed by atoms with Crippen LogP contribution in [0.3, 0.4) is 0 Å². The van der Waals surface area contributed by atoms with Crippen molar-refractivity contribution >= 4 is 11.6 Å².